The number of rotatable bonds is 5. The summed E-state index contributed by atoms with van der Waals surface area (Å²) in [6, 6.07) is 0. The molecule has 0 aromatic heterocycles. The summed E-state index contributed by atoms with van der Waals surface area (Å²) in [5.41, 5.74) is 4.41. The van der Waals surface area contributed by atoms with Crippen LogP contribution in [0.25, 0.3) is 0 Å². The molecule has 2 fully saturated rings. The average Bonchev–Trinajstić information content (AvgIpc) is 2.95. The van der Waals surface area contributed by atoms with E-state index < -0.39 is 16.8 Å². The van der Waals surface area contributed by atoms with E-state index in [-0.39, 0.29) is 12.5 Å². The second kappa shape index (κ2) is 6.10. The number of nitrogens with one attached hydrogen (secondary N) is 1. The lowest BCUT2D eigenvalue weighted by molar-refractivity contribution is -0.155. The third kappa shape index (κ3) is 2.81. The maximum Gasteiger partial charge on any atom is 0.311 e. The SMILES string of the molecule is NCC1(C(=O)NCC2(C(=O)O)CCOCC2)CCCC1. The van der Waals surface area contributed by atoms with Crippen LogP contribution in [0.1, 0.15) is 38.5 Å². The maximum absolute atomic E-state index is 12.4. The molecule has 2 rings (SSSR count). The molecule has 1 saturated heterocycles. The number of carboxylic acids is 1. The molecule has 1 saturated carbocycles. The van der Waals surface area contributed by atoms with Crippen molar-refractivity contribution < 1.29 is 19.4 Å². The molecule has 6 nitrogen and oxygen atoms in total. The number of amides is 1. The van der Waals surface area contributed by atoms with Gasteiger partial charge in [0.2, 0.25) is 5.91 Å². The minimum absolute atomic E-state index is 0.0791. The molecule has 20 heavy (non-hydrogen) atoms. The fourth-order valence-electron chi connectivity index (χ4n) is 3.24. The van der Waals surface area contributed by atoms with Crippen molar-refractivity contribution in [1.29, 1.82) is 0 Å². The number of carbonyl (C=O) groups excluding carboxylic acids is 1. The number of nitrogens with two attached hydrogens (primary N) is 1. The van der Waals surface area contributed by atoms with E-state index in [1.807, 2.05) is 0 Å². The van der Waals surface area contributed by atoms with Crippen LogP contribution in [-0.4, -0.2) is 43.3 Å². The molecule has 1 aliphatic carbocycles. The van der Waals surface area contributed by atoms with Gasteiger partial charge in [-0.3, -0.25) is 9.59 Å². The van der Waals surface area contributed by atoms with Gasteiger partial charge in [0.25, 0.3) is 0 Å². The van der Waals surface area contributed by atoms with Gasteiger partial charge in [0.15, 0.2) is 0 Å². The highest BCUT2D eigenvalue weighted by atomic mass is 16.5. The number of aliphatic carboxylic acids is 1. The highest BCUT2D eigenvalue weighted by molar-refractivity contribution is 5.84. The van der Waals surface area contributed by atoms with Gasteiger partial charge < -0.3 is 20.9 Å². The van der Waals surface area contributed by atoms with E-state index in [0.29, 0.717) is 32.6 Å². The molecule has 1 amide bonds. The Bertz CT molecular complexity index is 371. The predicted molar refractivity (Wildman–Crippen MR) is 73.1 cm³/mol. The lowest BCUT2D eigenvalue weighted by Gasteiger charge is -2.35. The van der Waals surface area contributed by atoms with Crippen LogP contribution in [0.2, 0.25) is 0 Å². The second-order valence-corrected chi connectivity index (χ2v) is 6.07. The van der Waals surface area contributed by atoms with Gasteiger partial charge in [0, 0.05) is 26.3 Å². The monoisotopic (exact) mass is 284 g/mol. The molecular formula is C14H24N2O4. The highest BCUT2D eigenvalue weighted by Crippen LogP contribution is 2.38. The minimum Gasteiger partial charge on any atom is -0.481 e. The van der Waals surface area contributed by atoms with E-state index in [1.165, 1.54) is 0 Å². The normalized spacial score (nSPS) is 24.2. The summed E-state index contributed by atoms with van der Waals surface area (Å²) in [7, 11) is 0. The van der Waals surface area contributed by atoms with Crippen LogP contribution >= 0.6 is 0 Å². The van der Waals surface area contributed by atoms with Crippen molar-refractivity contribution in [2.45, 2.75) is 38.5 Å². The van der Waals surface area contributed by atoms with Crippen LogP contribution in [0.15, 0.2) is 0 Å². The molecule has 0 radical (unpaired) electrons. The van der Waals surface area contributed by atoms with Crippen molar-refractivity contribution in [2.24, 2.45) is 16.6 Å². The van der Waals surface area contributed by atoms with Gasteiger partial charge in [-0.25, -0.2) is 0 Å². The molecule has 114 valence electrons. The van der Waals surface area contributed by atoms with Crippen LogP contribution in [0.3, 0.4) is 0 Å². The predicted octanol–water partition coefficient (Wildman–Crippen LogP) is 0.503. The van der Waals surface area contributed by atoms with E-state index in [2.05, 4.69) is 5.32 Å². The van der Waals surface area contributed by atoms with E-state index >= 15 is 0 Å². The van der Waals surface area contributed by atoms with Crippen LogP contribution in [0.4, 0.5) is 0 Å². The highest BCUT2D eigenvalue weighted by Gasteiger charge is 2.44. The lowest BCUT2D eigenvalue weighted by Crippen LogP contribution is -2.51. The number of hydrogen-bond acceptors (Lipinski definition) is 4. The smallest absolute Gasteiger partial charge is 0.311 e. The Morgan fingerprint density at radius 1 is 1.10 bits per heavy atom. The van der Waals surface area contributed by atoms with E-state index in [0.717, 1.165) is 25.7 Å². The van der Waals surface area contributed by atoms with Crippen molar-refractivity contribution in [3.05, 3.63) is 0 Å². The van der Waals surface area contributed by atoms with Crippen molar-refractivity contribution >= 4 is 11.9 Å². The maximum atomic E-state index is 12.4. The summed E-state index contributed by atoms with van der Waals surface area (Å²) in [6.45, 7) is 1.38. The van der Waals surface area contributed by atoms with Gasteiger partial charge in [-0.15, -0.1) is 0 Å². The number of hydrogen-bond donors (Lipinski definition) is 3. The summed E-state index contributed by atoms with van der Waals surface area (Å²) in [4.78, 5) is 23.9. The van der Waals surface area contributed by atoms with E-state index in [9.17, 15) is 14.7 Å². The van der Waals surface area contributed by atoms with Crippen molar-refractivity contribution in [1.82, 2.24) is 5.32 Å². The number of carbonyl (C=O) groups is 2. The minimum atomic E-state index is -0.887. The van der Waals surface area contributed by atoms with Crippen LogP contribution in [-0.2, 0) is 14.3 Å². The number of ether oxygens (including phenoxy) is 1. The molecule has 2 aliphatic rings. The third-order valence-corrected chi connectivity index (χ3v) is 4.92. The van der Waals surface area contributed by atoms with Crippen molar-refractivity contribution in [3.8, 4) is 0 Å². The quantitative estimate of drug-likeness (QED) is 0.682. The molecule has 0 aromatic carbocycles. The fourth-order valence-corrected chi connectivity index (χ4v) is 3.24. The zero-order valence-electron chi connectivity index (χ0n) is 11.8. The molecule has 1 heterocycles. The average molecular weight is 284 g/mol. The van der Waals surface area contributed by atoms with Gasteiger partial charge in [-0.05, 0) is 25.7 Å². The van der Waals surface area contributed by atoms with Crippen molar-refractivity contribution in [2.75, 3.05) is 26.3 Å². The molecule has 6 heteroatoms. The summed E-state index contributed by atoms with van der Waals surface area (Å²) < 4.78 is 5.23. The Morgan fingerprint density at radius 3 is 2.20 bits per heavy atom. The molecule has 0 aromatic rings. The first kappa shape index (κ1) is 15.3. The van der Waals surface area contributed by atoms with Crippen LogP contribution in [0.5, 0.6) is 0 Å². The lowest BCUT2D eigenvalue weighted by atomic mass is 9.79. The third-order valence-electron chi connectivity index (χ3n) is 4.92. The van der Waals surface area contributed by atoms with Crippen LogP contribution < -0.4 is 11.1 Å². The first-order valence-electron chi connectivity index (χ1n) is 7.34. The summed E-state index contributed by atoms with van der Waals surface area (Å²) in [5, 5.41) is 12.3. The van der Waals surface area contributed by atoms with Gasteiger partial charge in [-0.2, -0.15) is 0 Å². The molecule has 1 aliphatic heterocycles. The molecular weight excluding hydrogens is 260 g/mol. The molecule has 0 spiro atoms. The molecule has 0 unspecified atom stereocenters. The Hall–Kier alpha value is -1.14. The molecule has 0 bridgehead atoms. The Labute approximate surface area is 119 Å². The topological polar surface area (TPSA) is 102 Å². The van der Waals surface area contributed by atoms with Gasteiger partial charge >= 0.3 is 5.97 Å². The largest absolute Gasteiger partial charge is 0.481 e. The first-order valence-corrected chi connectivity index (χ1v) is 7.34. The zero-order valence-corrected chi connectivity index (χ0v) is 11.8. The van der Waals surface area contributed by atoms with Crippen molar-refractivity contribution in [3.63, 3.8) is 0 Å². The standard InChI is InChI=1S/C14H24N2O4/c15-9-13(3-1-2-4-13)11(17)16-10-14(12(18)19)5-7-20-8-6-14/h1-10,15H2,(H,16,17)(H,18,19). The Kier molecular flexibility index (Phi) is 4.65. The summed E-state index contributed by atoms with van der Waals surface area (Å²) in [5.74, 6) is -0.932. The molecule has 0 atom stereocenters. The van der Waals surface area contributed by atoms with Crippen LogP contribution in [0, 0.1) is 10.8 Å². The van der Waals surface area contributed by atoms with E-state index in [4.69, 9.17) is 10.5 Å². The molecule has 4 N–H and O–H groups in total. The number of carboxylic acid groups (broad SMARTS) is 1. The second-order valence-electron chi connectivity index (χ2n) is 6.07. The Morgan fingerprint density at radius 2 is 1.70 bits per heavy atom. The Balaban J connectivity index is 1.98. The summed E-state index contributed by atoms with van der Waals surface area (Å²) >= 11 is 0. The van der Waals surface area contributed by atoms with Gasteiger partial charge in [-0.1, -0.05) is 12.8 Å². The summed E-state index contributed by atoms with van der Waals surface area (Å²) in [6.07, 6.45) is 4.53. The van der Waals surface area contributed by atoms with Gasteiger partial charge in [0.1, 0.15) is 0 Å². The fraction of sp³-hybridized carbons (Fsp3) is 0.857. The first-order chi connectivity index (χ1) is 9.55. The van der Waals surface area contributed by atoms with Gasteiger partial charge in [0.05, 0.1) is 10.8 Å². The zero-order chi connectivity index (χ0) is 14.6. The van der Waals surface area contributed by atoms with E-state index in [1.54, 1.807) is 0 Å².